The predicted octanol–water partition coefficient (Wildman–Crippen LogP) is 1.80. The van der Waals surface area contributed by atoms with Crippen LogP contribution in [-0.2, 0) is 4.79 Å². The molecule has 90 valence electrons. The lowest BCUT2D eigenvalue weighted by molar-refractivity contribution is -0.130. The van der Waals surface area contributed by atoms with Crippen LogP contribution >= 0.6 is 0 Å². The van der Waals surface area contributed by atoms with Gasteiger partial charge < -0.3 is 9.32 Å². The first-order valence-electron chi connectivity index (χ1n) is 5.54. The van der Waals surface area contributed by atoms with Gasteiger partial charge in [0, 0.05) is 13.1 Å². The number of carbonyl (C=O) groups is 1. The van der Waals surface area contributed by atoms with E-state index < -0.39 is 0 Å². The molecule has 0 saturated carbocycles. The largest absolute Gasteiger partial charge is 0.468 e. The second kappa shape index (κ2) is 5.70. The second-order valence-corrected chi connectivity index (χ2v) is 4.22. The Hall–Kier alpha value is -1.29. The molecule has 0 unspecified atom stereocenters. The van der Waals surface area contributed by atoms with Crippen molar-refractivity contribution in [2.75, 3.05) is 13.6 Å². The highest BCUT2D eigenvalue weighted by atomic mass is 16.3. The third-order valence-electron chi connectivity index (χ3n) is 2.70. The van der Waals surface area contributed by atoms with E-state index in [9.17, 15) is 4.79 Å². The van der Waals surface area contributed by atoms with E-state index in [0.29, 0.717) is 6.54 Å². The van der Waals surface area contributed by atoms with Crippen molar-refractivity contribution in [2.45, 2.75) is 32.9 Å². The summed E-state index contributed by atoms with van der Waals surface area (Å²) in [7, 11) is 1.81. The zero-order valence-corrected chi connectivity index (χ0v) is 10.4. The van der Waals surface area contributed by atoms with Gasteiger partial charge >= 0.3 is 0 Å². The SMILES string of the molecule is CC(C)N(C)C(=O)CN[C@H](C)c1ccco1. The summed E-state index contributed by atoms with van der Waals surface area (Å²) in [6, 6.07) is 4.02. The molecule has 1 atom stereocenters. The summed E-state index contributed by atoms with van der Waals surface area (Å²) in [6.07, 6.45) is 1.63. The lowest BCUT2D eigenvalue weighted by Crippen LogP contribution is -2.40. The van der Waals surface area contributed by atoms with Crippen molar-refractivity contribution in [3.63, 3.8) is 0 Å². The highest BCUT2D eigenvalue weighted by Crippen LogP contribution is 2.11. The van der Waals surface area contributed by atoms with Crippen LogP contribution in [0.4, 0.5) is 0 Å². The van der Waals surface area contributed by atoms with Crippen LogP contribution in [0.15, 0.2) is 22.8 Å². The molecule has 0 radical (unpaired) electrons. The first-order valence-corrected chi connectivity index (χ1v) is 5.54. The molecule has 1 heterocycles. The zero-order valence-electron chi connectivity index (χ0n) is 10.4. The van der Waals surface area contributed by atoms with E-state index in [-0.39, 0.29) is 18.0 Å². The maximum atomic E-state index is 11.7. The van der Waals surface area contributed by atoms with Gasteiger partial charge in [0.05, 0.1) is 18.8 Å². The molecule has 0 aliphatic carbocycles. The minimum absolute atomic E-state index is 0.0551. The Labute approximate surface area is 96.6 Å². The van der Waals surface area contributed by atoms with Crippen LogP contribution in [-0.4, -0.2) is 30.4 Å². The van der Waals surface area contributed by atoms with Gasteiger partial charge in [0.15, 0.2) is 0 Å². The van der Waals surface area contributed by atoms with Crippen LogP contribution in [0.25, 0.3) is 0 Å². The van der Waals surface area contributed by atoms with Gasteiger partial charge in [-0.2, -0.15) is 0 Å². The van der Waals surface area contributed by atoms with Gasteiger partial charge in [-0.1, -0.05) is 0 Å². The van der Waals surface area contributed by atoms with E-state index in [1.54, 1.807) is 11.2 Å². The molecule has 1 aromatic heterocycles. The van der Waals surface area contributed by atoms with Gasteiger partial charge in [-0.05, 0) is 32.9 Å². The summed E-state index contributed by atoms with van der Waals surface area (Å²) < 4.78 is 5.25. The number of rotatable bonds is 5. The number of hydrogen-bond acceptors (Lipinski definition) is 3. The normalized spacial score (nSPS) is 12.8. The lowest BCUT2D eigenvalue weighted by Gasteiger charge is -2.22. The average Bonchev–Trinajstić information content (AvgIpc) is 2.77. The van der Waals surface area contributed by atoms with E-state index in [1.807, 2.05) is 40.0 Å². The molecule has 1 amide bonds. The molecule has 16 heavy (non-hydrogen) atoms. The molecular weight excluding hydrogens is 204 g/mol. The van der Waals surface area contributed by atoms with E-state index in [4.69, 9.17) is 4.42 Å². The lowest BCUT2D eigenvalue weighted by atomic mass is 10.2. The Balaban J connectivity index is 2.37. The molecule has 0 bridgehead atoms. The first-order chi connectivity index (χ1) is 7.52. The van der Waals surface area contributed by atoms with E-state index in [0.717, 1.165) is 5.76 Å². The van der Waals surface area contributed by atoms with E-state index in [1.165, 1.54) is 0 Å². The van der Waals surface area contributed by atoms with Gasteiger partial charge in [-0.25, -0.2) is 0 Å². The Kier molecular flexibility index (Phi) is 4.55. The molecular formula is C12H20N2O2. The smallest absolute Gasteiger partial charge is 0.236 e. The Morgan fingerprint density at radius 2 is 2.19 bits per heavy atom. The topological polar surface area (TPSA) is 45.5 Å². The molecule has 0 aromatic carbocycles. The number of nitrogens with one attached hydrogen (secondary N) is 1. The van der Waals surface area contributed by atoms with Crippen molar-refractivity contribution in [1.82, 2.24) is 10.2 Å². The summed E-state index contributed by atoms with van der Waals surface area (Å²) in [4.78, 5) is 13.4. The predicted molar refractivity (Wildman–Crippen MR) is 63.0 cm³/mol. The number of hydrogen-bond donors (Lipinski definition) is 1. The monoisotopic (exact) mass is 224 g/mol. The molecule has 1 N–H and O–H groups in total. The van der Waals surface area contributed by atoms with Crippen molar-refractivity contribution < 1.29 is 9.21 Å². The van der Waals surface area contributed by atoms with Crippen molar-refractivity contribution in [3.8, 4) is 0 Å². The minimum atomic E-state index is 0.0551. The molecule has 0 saturated heterocycles. The standard InChI is InChI=1S/C12H20N2O2/c1-9(2)14(4)12(15)8-13-10(3)11-6-5-7-16-11/h5-7,9-10,13H,8H2,1-4H3/t10-/m1/s1. The molecule has 0 fully saturated rings. The summed E-state index contributed by atoms with van der Waals surface area (Å²) in [5.74, 6) is 0.938. The molecule has 1 rings (SSSR count). The fourth-order valence-electron chi connectivity index (χ4n) is 1.29. The van der Waals surface area contributed by atoms with Gasteiger partial charge in [0.2, 0.25) is 5.91 Å². The molecule has 4 heteroatoms. The summed E-state index contributed by atoms with van der Waals surface area (Å²) in [5, 5.41) is 3.14. The molecule has 0 aliphatic heterocycles. The van der Waals surface area contributed by atoms with Gasteiger partial charge in [-0.15, -0.1) is 0 Å². The van der Waals surface area contributed by atoms with Crippen LogP contribution in [0.2, 0.25) is 0 Å². The molecule has 1 aromatic rings. The summed E-state index contributed by atoms with van der Waals surface area (Å²) in [6.45, 7) is 6.29. The van der Waals surface area contributed by atoms with Crippen LogP contribution < -0.4 is 5.32 Å². The average molecular weight is 224 g/mol. The minimum Gasteiger partial charge on any atom is -0.468 e. The maximum Gasteiger partial charge on any atom is 0.236 e. The highest BCUT2D eigenvalue weighted by Gasteiger charge is 2.14. The highest BCUT2D eigenvalue weighted by molar-refractivity contribution is 5.78. The molecule has 0 spiro atoms. The van der Waals surface area contributed by atoms with E-state index in [2.05, 4.69) is 5.32 Å². The third-order valence-corrected chi connectivity index (χ3v) is 2.70. The number of amides is 1. The van der Waals surface area contributed by atoms with Crippen LogP contribution in [0.3, 0.4) is 0 Å². The third kappa shape index (κ3) is 3.38. The number of likely N-dealkylation sites (N-methyl/N-ethyl adjacent to an activating group) is 1. The fraction of sp³-hybridized carbons (Fsp3) is 0.583. The van der Waals surface area contributed by atoms with Gasteiger partial charge in [0.25, 0.3) is 0 Å². The number of furan rings is 1. The van der Waals surface area contributed by atoms with Crippen molar-refractivity contribution >= 4 is 5.91 Å². The maximum absolute atomic E-state index is 11.7. The Morgan fingerprint density at radius 3 is 2.69 bits per heavy atom. The van der Waals surface area contributed by atoms with Crippen LogP contribution in [0.5, 0.6) is 0 Å². The van der Waals surface area contributed by atoms with Crippen LogP contribution in [0.1, 0.15) is 32.6 Å². The zero-order chi connectivity index (χ0) is 12.1. The quantitative estimate of drug-likeness (QED) is 0.829. The second-order valence-electron chi connectivity index (χ2n) is 4.22. The van der Waals surface area contributed by atoms with Crippen molar-refractivity contribution in [3.05, 3.63) is 24.2 Å². The van der Waals surface area contributed by atoms with Crippen molar-refractivity contribution in [2.24, 2.45) is 0 Å². The summed E-state index contributed by atoms with van der Waals surface area (Å²) in [5.41, 5.74) is 0. The molecule has 4 nitrogen and oxygen atoms in total. The Bertz CT molecular complexity index is 320. The number of carbonyl (C=O) groups excluding carboxylic acids is 1. The van der Waals surface area contributed by atoms with Crippen LogP contribution in [0, 0.1) is 0 Å². The summed E-state index contributed by atoms with van der Waals surface area (Å²) >= 11 is 0. The Morgan fingerprint density at radius 1 is 1.50 bits per heavy atom. The van der Waals surface area contributed by atoms with Crippen molar-refractivity contribution in [1.29, 1.82) is 0 Å². The number of nitrogens with zero attached hydrogens (tertiary/aromatic N) is 1. The van der Waals surface area contributed by atoms with Gasteiger partial charge in [-0.3, -0.25) is 10.1 Å². The fourth-order valence-corrected chi connectivity index (χ4v) is 1.29. The molecule has 0 aliphatic rings. The van der Waals surface area contributed by atoms with Gasteiger partial charge in [0.1, 0.15) is 5.76 Å². The first kappa shape index (κ1) is 12.8. The van der Waals surface area contributed by atoms with E-state index >= 15 is 0 Å².